The SMILES string of the molecule is CC(C)(CCCO)CNC(=O)CCOc1ccccc1. The molecule has 1 amide bonds. The van der Waals surface area contributed by atoms with E-state index in [2.05, 4.69) is 19.2 Å². The number of aliphatic hydroxyl groups excluding tert-OH is 1. The van der Waals surface area contributed by atoms with Crippen molar-refractivity contribution >= 4 is 5.91 Å². The van der Waals surface area contributed by atoms with E-state index in [1.807, 2.05) is 30.3 Å². The molecule has 0 bridgehead atoms. The highest BCUT2D eigenvalue weighted by Crippen LogP contribution is 2.20. The Hall–Kier alpha value is -1.55. The van der Waals surface area contributed by atoms with Gasteiger partial charge in [-0.05, 0) is 30.4 Å². The lowest BCUT2D eigenvalue weighted by Gasteiger charge is -2.24. The third-order valence-electron chi connectivity index (χ3n) is 3.12. The fourth-order valence-corrected chi connectivity index (χ4v) is 1.85. The molecule has 112 valence electrons. The minimum absolute atomic E-state index is 0.00185. The lowest BCUT2D eigenvalue weighted by Crippen LogP contribution is -2.34. The van der Waals surface area contributed by atoms with Crippen LogP contribution in [0.15, 0.2) is 30.3 Å². The third-order valence-corrected chi connectivity index (χ3v) is 3.12. The molecule has 1 rings (SSSR count). The molecule has 0 aliphatic carbocycles. The molecule has 0 saturated carbocycles. The Kier molecular flexibility index (Phi) is 7.09. The van der Waals surface area contributed by atoms with E-state index < -0.39 is 0 Å². The third kappa shape index (κ3) is 7.14. The highest BCUT2D eigenvalue weighted by atomic mass is 16.5. The van der Waals surface area contributed by atoms with Crippen LogP contribution in [0.2, 0.25) is 0 Å². The van der Waals surface area contributed by atoms with E-state index in [9.17, 15) is 4.79 Å². The second-order valence-electron chi connectivity index (χ2n) is 5.68. The molecular weight excluding hydrogens is 254 g/mol. The highest BCUT2D eigenvalue weighted by molar-refractivity contribution is 5.76. The number of aliphatic hydroxyl groups is 1. The molecule has 0 unspecified atom stereocenters. The Morgan fingerprint density at radius 1 is 1.30 bits per heavy atom. The topological polar surface area (TPSA) is 58.6 Å². The molecule has 1 aromatic carbocycles. The van der Waals surface area contributed by atoms with Crippen LogP contribution in [0.5, 0.6) is 5.75 Å². The van der Waals surface area contributed by atoms with Gasteiger partial charge in [-0.25, -0.2) is 0 Å². The van der Waals surface area contributed by atoms with Gasteiger partial charge in [-0.3, -0.25) is 4.79 Å². The Morgan fingerprint density at radius 2 is 2.00 bits per heavy atom. The first-order valence-electron chi connectivity index (χ1n) is 7.09. The maximum Gasteiger partial charge on any atom is 0.223 e. The van der Waals surface area contributed by atoms with Crippen LogP contribution in [0.3, 0.4) is 0 Å². The molecule has 0 saturated heterocycles. The number of nitrogens with one attached hydrogen (secondary N) is 1. The molecule has 0 radical (unpaired) electrons. The summed E-state index contributed by atoms with van der Waals surface area (Å²) >= 11 is 0. The fraction of sp³-hybridized carbons (Fsp3) is 0.562. The molecule has 0 atom stereocenters. The quantitative estimate of drug-likeness (QED) is 0.729. The summed E-state index contributed by atoms with van der Waals surface area (Å²) in [5.41, 5.74) is 0.0126. The molecule has 20 heavy (non-hydrogen) atoms. The van der Waals surface area contributed by atoms with Crippen LogP contribution in [-0.2, 0) is 4.79 Å². The minimum Gasteiger partial charge on any atom is -0.493 e. The van der Waals surface area contributed by atoms with Gasteiger partial charge in [0.1, 0.15) is 5.75 Å². The van der Waals surface area contributed by atoms with E-state index in [1.165, 1.54) is 0 Å². The number of carbonyl (C=O) groups excluding carboxylic acids is 1. The van der Waals surface area contributed by atoms with E-state index in [4.69, 9.17) is 9.84 Å². The summed E-state index contributed by atoms with van der Waals surface area (Å²) in [7, 11) is 0. The molecule has 0 heterocycles. The van der Waals surface area contributed by atoms with Crippen LogP contribution in [-0.4, -0.2) is 30.8 Å². The number of amides is 1. The second-order valence-corrected chi connectivity index (χ2v) is 5.68. The van der Waals surface area contributed by atoms with Crippen molar-refractivity contribution in [3.63, 3.8) is 0 Å². The van der Waals surface area contributed by atoms with Crippen LogP contribution in [0, 0.1) is 5.41 Å². The summed E-state index contributed by atoms with van der Waals surface area (Å²) < 4.78 is 5.48. The van der Waals surface area contributed by atoms with Gasteiger partial charge in [0.25, 0.3) is 0 Å². The number of hydrogen-bond donors (Lipinski definition) is 2. The summed E-state index contributed by atoms with van der Waals surface area (Å²) in [6, 6.07) is 9.47. The Morgan fingerprint density at radius 3 is 2.65 bits per heavy atom. The van der Waals surface area contributed by atoms with E-state index in [0.717, 1.165) is 18.6 Å². The van der Waals surface area contributed by atoms with Crippen molar-refractivity contribution in [2.24, 2.45) is 5.41 Å². The Labute approximate surface area is 121 Å². The Balaban J connectivity index is 2.17. The summed E-state index contributed by atoms with van der Waals surface area (Å²) in [5.74, 6) is 0.779. The zero-order valence-corrected chi connectivity index (χ0v) is 12.4. The minimum atomic E-state index is -0.00185. The zero-order valence-electron chi connectivity index (χ0n) is 12.4. The van der Waals surface area contributed by atoms with E-state index >= 15 is 0 Å². The van der Waals surface area contributed by atoms with Crippen LogP contribution in [0.25, 0.3) is 0 Å². The fourth-order valence-electron chi connectivity index (χ4n) is 1.85. The Bertz CT molecular complexity index is 390. The van der Waals surface area contributed by atoms with Gasteiger partial charge in [0, 0.05) is 13.2 Å². The van der Waals surface area contributed by atoms with Crippen LogP contribution >= 0.6 is 0 Å². The number of hydrogen-bond acceptors (Lipinski definition) is 3. The van der Waals surface area contributed by atoms with E-state index in [-0.39, 0.29) is 17.9 Å². The predicted octanol–water partition coefficient (Wildman–Crippen LogP) is 2.37. The summed E-state index contributed by atoms with van der Waals surface area (Å²) in [4.78, 5) is 11.7. The number of carbonyl (C=O) groups is 1. The molecule has 0 aromatic heterocycles. The van der Waals surface area contributed by atoms with Gasteiger partial charge in [0.2, 0.25) is 5.91 Å². The van der Waals surface area contributed by atoms with Crippen molar-refractivity contribution < 1.29 is 14.6 Å². The number of para-hydroxylation sites is 1. The van der Waals surface area contributed by atoms with Crippen LogP contribution in [0.1, 0.15) is 33.1 Å². The lowest BCUT2D eigenvalue weighted by atomic mass is 9.88. The number of rotatable bonds is 9. The van der Waals surface area contributed by atoms with Gasteiger partial charge < -0.3 is 15.2 Å². The van der Waals surface area contributed by atoms with Crippen molar-refractivity contribution in [1.82, 2.24) is 5.32 Å². The molecule has 0 aliphatic rings. The summed E-state index contributed by atoms with van der Waals surface area (Å²) in [6.07, 6.45) is 2.01. The first kappa shape index (κ1) is 16.5. The molecule has 0 spiro atoms. The lowest BCUT2D eigenvalue weighted by molar-refractivity contribution is -0.122. The molecular formula is C16H25NO3. The van der Waals surface area contributed by atoms with E-state index in [1.54, 1.807) is 0 Å². The molecule has 4 heteroatoms. The standard InChI is InChI=1S/C16H25NO3/c1-16(2,10-6-11-18)13-17-15(19)9-12-20-14-7-4-3-5-8-14/h3-5,7-8,18H,6,9-13H2,1-2H3,(H,17,19). The van der Waals surface area contributed by atoms with Crippen LogP contribution in [0.4, 0.5) is 0 Å². The first-order valence-corrected chi connectivity index (χ1v) is 7.09. The smallest absolute Gasteiger partial charge is 0.223 e. The maximum atomic E-state index is 11.7. The van der Waals surface area contributed by atoms with Crippen molar-refractivity contribution in [2.45, 2.75) is 33.1 Å². The molecule has 4 nitrogen and oxygen atoms in total. The predicted molar refractivity (Wildman–Crippen MR) is 79.7 cm³/mol. The van der Waals surface area contributed by atoms with Crippen LogP contribution < -0.4 is 10.1 Å². The first-order chi connectivity index (χ1) is 9.53. The largest absolute Gasteiger partial charge is 0.493 e. The summed E-state index contributed by atoms with van der Waals surface area (Å²) in [5, 5.41) is 11.7. The van der Waals surface area contributed by atoms with Crippen molar-refractivity contribution in [1.29, 1.82) is 0 Å². The molecule has 2 N–H and O–H groups in total. The van der Waals surface area contributed by atoms with Crippen molar-refractivity contribution in [3.05, 3.63) is 30.3 Å². The normalized spacial score (nSPS) is 11.2. The highest BCUT2D eigenvalue weighted by Gasteiger charge is 2.18. The maximum absolute atomic E-state index is 11.7. The van der Waals surface area contributed by atoms with Gasteiger partial charge in [-0.15, -0.1) is 0 Å². The van der Waals surface area contributed by atoms with Gasteiger partial charge in [-0.1, -0.05) is 32.0 Å². The average Bonchev–Trinajstić information content (AvgIpc) is 2.44. The van der Waals surface area contributed by atoms with Gasteiger partial charge in [0.15, 0.2) is 0 Å². The number of ether oxygens (including phenoxy) is 1. The average molecular weight is 279 g/mol. The summed E-state index contributed by atoms with van der Waals surface area (Å²) in [6.45, 7) is 5.37. The number of benzene rings is 1. The van der Waals surface area contributed by atoms with Crippen molar-refractivity contribution in [2.75, 3.05) is 19.8 Å². The molecule has 1 aromatic rings. The van der Waals surface area contributed by atoms with Gasteiger partial charge >= 0.3 is 0 Å². The monoisotopic (exact) mass is 279 g/mol. The second kappa shape index (κ2) is 8.59. The molecule has 0 aliphatic heterocycles. The van der Waals surface area contributed by atoms with Gasteiger partial charge in [0.05, 0.1) is 13.0 Å². The van der Waals surface area contributed by atoms with Gasteiger partial charge in [-0.2, -0.15) is 0 Å². The van der Waals surface area contributed by atoms with E-state index in [0.29, 0.717) is 19.6 Å². The van der Waals surface area contributed by atoms with Crippen molar-refractivity contribution in [3.8, 4) is 5.75 Å². The zero-order chi connectivity index (χ0) is 14.8. The molecule has 0 fully saturated rings.